The van der Waals surface area contributed by atoms with Crippen molar-refractivity contribution in [3.63, 3.8) is 0 Å². The average molecular weight is 277 g/mol. The molecule has 0 aromatic carbocycles. The van der Waals surface area contributed by atoms with Crippen LogP contribution in [0.5, 0.6) is 0 Å². The standard InChI is InChI=1S/C12H23NO2S2/c1-12(2,3)15-11(14)13-8-5-4-6-10-7-9-16-17-10/h10H,4-9H2,1-3H3,(H,13,14)/t10-/m1/s1. The fourth-order valence-electron chi connectivity index (χ4n) is 1.57. The first-order chi connectivity index (χ1) is 7.97. The largest absolute Gasteiger partial charge is 0.444 e. The summed E-state index contributed by atoms with van der Waals surface area (Å²) in [6.07, 6.45) is 4.54. The zero-order valence-corrected chi connectivity index (χ0v) is 12.6. The van der Waals surface area contributed by atoms with E-state index >= 15 is 0 Å². The molecule has 0 unspecified atom stereocenters. The maximum absolute atomic E-state index is 11.3. The Kier molecular flexibility index (Phi) is 6.55. The first kappa shape index (κ1) is 15.0. The molecule has 100 valence electrons. The number of nitrogens with one attached hydrogen (secondary N) is 1. The Morgan fingerprint density at radius 2 is 2.18 bits per heavy atom. The van der Waals surface area contributed by atoms with Crippen molar-refractivity contribution in [2.75, 3.05) is 12.3 Å². The Morgan fingerprint density at radius 1 is 1.41 bits per heavy atom. The molecule has 1 heterocycles. The van der Waals surface area contributed by atoms with E-state index in [1.165, 1.54) is 25.0 Å². The third-order valence-corrected chi connectivity index (χ3v) is 5.36. The van der Waals surface area contributed by atoms with Gasteiger partial charge in [0.1, 0.15) is 5.60 Å². The summed E-state index contributed by atoms with van der Waals surface area (Å²) in [6, 6.07) is 0. The first-order valence-corrected chi connectivity index (χ1v) is 8.61. The molecule has 0 saturated carbocycles. The number of amides is 1. The highest BCUT2D eigenvalue weighted by atomic mass is 33.1. The van der Waals surface area contributed by atoms with E-state index in [4.69, 9.17) is 4.74 Å². The zero-order chi connectivity index (χ0) is 12.7. The van der Waals surface area contributed by atoms with E-state index < -0.39 is 5.60 Å². The van der Waals surface area contributed by atoms with Gasteiger partial charge in [-0.3, -0.25) is 0 Å². The molecule has 3 nitrogen and oxygen atoms in total. The molecule has 0 aromatic rings. The number of alkyl carbamates (subject to hydrolysis) is 1. The Morgan fingerprint density at radius 3 is 2.76 bits per heavy atom. The lowest BCUT2D eigenvalue weighted by atomic mass is 10.1. The fraction of sp³-hybridized carbons (Fsp3) is 0.917. The van der Waals surface area contributed by atoms with Crippen LogP contribution in [0.2, 0.25) is 0 Å². The van der Waals surface area contributed by atoms with Crippen LogP contribution in [-0.2, 0) is 4.74 Å². The van der Waals surface area contributed by atoms with Crippen LogP contribution in [0.4, 0.5) is 4.79 Å². The predicted octanol–water partition coefficient (Wildman–Crippen LogP) is 3.84. The highest BCUT2D eigenvalue weighted by Crippen LogP contribution is 2.39. The Balaban J connectivity index is 1.94. The molecule has 0 bridgehead atoms. The number of carbonyl (C=O) groups excluding carboxylic acids is 1. The molecule has 5 heteroatoms. The summed E-state index contributed by atoms with van der Waals surface area (Å²) in [5.74, 6) is 1.30. The van der Waals surface area contributed by atoms with Gasteiger partial charge in [-0.15, -0.1) is 0 Å². The molecule has 1 fully saturated rings. The molecule has 17 heavy (non-hydrogen) atoms. The monoisotopic (exact) mass is 277 g/mol. The number of ether oxygens (including phenoxy) is 1. The smallest absolute Gasteiger partial charge is 0.407 e. The Labute approximate surface area is 112 Å². The van der Waals surface area contributed by atoms with Gasteiger partial charge in [0.05, 0.1) is 0 Å². The SMILES string of the molecule is CC(C)(C)OC(=O)NCCCC[C@@H]1CCSS1. The number of hydrogen-bond acceptors (Lipinski definition) is 4. The van der Waals surface area contributed by atoms with Crippen molar-refractivity contribution in [3.05, 3.63) is 0 Å². The van der Waals surface area contributed by atoms with E-state index in [1.807, 2.05) is 42.4 Å². The molecule has 1 aliphatic rings. The second kappa shape index (κ2) is 7.41. The van der Waals surface area contributed by atoms with Gasteiger partial charge in [-0.05, 0) is 40.0 Å². The Hall–Kier alpha value is -0.0300. The summed E-state index contributed by atoms with van der Waals surface area (Å²) in [5, 5.41) is 3.63. The minimum absolute atomic E-state index is 0.303. The van der Waals surface area contributed by atoms with Crippen LogP contribution in [0.15, 0.2) is 0 Å². The van der Waals surface area contributed by atoms with Crippen LogP contribution in [-0.4, -0.2) is 29.2 Å². The van der Waals surface area contributed by atoms with Crippen LogP contribution in [0.25, 0.3) is 0 Å². The Bertz CT molecular complexity index is 235. The summed E-state index contributed by atoms with van der Waals surface area (Å²) < 4.78 is 5.16. The van der Waals surface area contributed by atoms with Gasteiger partial charge in [-0.2, -0.15) is 0 Å². The van der Waals surface area contributed by atoms with Crippen molar-refractivity contribution in [2.45, 2.75) is 57.3 Å². The van der Waals surface area contributed by atoms with Gasteiger partial charge in [-0.1, -0.05) is 28.0 Å². The van der Waals surface area contributed by atoms with Gasteiger partial charge < -0.3 is 10.1 Å². The molecule has 1 saturated heterocycles. The van der Waals surface area contributed by atoms with Crippen LogP contribution in [0.1, 0.15) is 46.5 Å². The molecule has 1 aliphatic heterocycles. The first-order valence-electron chi connectivity index (χ1n) is 6.22. The zero-order valence-electron chi connectivity index (χ0n) is 11.0. The van der Waals surface area contributed by atoms with Crippen molar-refractivity contribution in [2.24, 2.45) is 0 Å². The number of hydrogen-bond donors (Lipinski definition) is 1. The van der Waals surface area contributed by atoms with E-state index in [0.717, 1.165) is 18.2 Å². The normalized spacial score (nSPS) is 20.3. The molecule has 0 radical (unpaired) electrons. The van der Waals surface area contributed by atoms with Gasteiger partial charge in [0.15, 0.2) is 0 Å². The summed E-state index contributed by atoms with van der Waals surface area (Å²) in [6.45, 7) is 6.35. The van der Waals surface area contributed by atoms with Crippen molar-refractivity contribution in [1.29, 1.82) is 0 Å². The minimum Gasteiger partial charge on any atom is -0.444 e. The third kappa shape index (κ3) is 7.82. The molecule has 0 spiro atoms. The third-order valence-electron chi connectivity index (χ3n) is 2.35. The summed E-state index contributed by atoms with van der Waals surface area (Å²) in [7, 11) is 4.00. The molecular weight excluding hydrogens is 254 g/mol. The van der Waals surface area contributed by atoms with Gasteiger partial charge >= 0.3 is 6.09 Å². The number of carbonyl (C=O) groups is 1. The molecule has 1 amide bonds. The van der Waals surface area contributed by atoms with Crippen molar-refractivity contribution in [3.8, 4) is 0 Å². The molecule has 1 N–H and O–H groups in total. The van der Waals surface area contributed by atoms with Crippen molar-refractivity contribution < 1.29 is 9.53 Å². The van der Waals surface area contributed by atoms with Crippen LogP contribution in [0, 0.1) is 0 Å². The highest BCUT2D eigenvalue weighted by molar-refractivity contribution is 8.77. The average Bonchev–Trinajstić information content (AvgIpc) is 2.67. The molecular formula is C12H23NO2S2. The van der Waals surface area contributed by atoms with Gasteiger partial charge in [0.2, 0.25) is 0 Å². The molecule has 0 aromatic heterocycles. The summed E-state index contributed by atoms with van der Waals surface area (Å²) >= 11 is 0. The second-order valence-corrected chi connectivity index (χ2v) is 8.04. The van der Waals surface area contributed by atoms with Crippen LogP contribution in [0.3, 0.4) is 0 Å². The van der Waals surface area contributed by atoms with E-state index in [0.29, 0.717) is 0 Å². The lowest BCUT2D eigenvalue weighted by Crippen LogP contribution is -2.33. The van der Waals surface area contributed by atoms with E-state index in [9.17, 15) is 4.79 Å². The minimum atomic E-state index is -0.401. The van der Waals surface area contributed by atoms with E-state index in [1.54, 1.807) is 0 Å². The lowest BCUT2D eigenvalue weighted by Gasteiger charge is -2.19. The van der Waals surface area contributed by atoms with Gasteiger partial charge in [-0.25, -0.2) is 4.79 Å². The quantitative estimate of drug-likeness (QED) is 0.612. The van der Waals surface area contributed by atoms with Gasteiger partial charge in [0, 0.05) is 17.5 Å². The van der Waals surface area contributed by atoms with E-state index in [2.05, 4.69) is 5.32 Å². The summed E-state index contributed by atoms with van der Waals surface area (Å²) in [5.41, 5.74) is -0.401. The van der Waals surface area contributed by atoms with Crippen molar-refractivity contribution >= 4 is 27.7 Å². The molecule has 0 aliphatic carbocycles. The van der Waals surface area contributed by atoms with Crippen LogP contribution < -0.4 is 5.32 Å². The maximum Gasteiger partial charge on any atom is 0.407 e. The summed E-state index contributed by atoms with van der Waals surface area (Å²) in [4.78, 5) is 11.3. The number of unbranched alkanes of at least 4 members (excludes halogenated alkanes) is 1. The van der Waals surface area contributed by atoms with E-state index in [-0.39, 0.29) is 6.09 Å². The molecule has 1 atom stereocenters. The lowest BCUT2D eigenvalue weighted by molar-refractivity contribution is 0.0527. The highest BCUT2D eigenvalue weighted by Gasteiger charge is 2.17. The predicted molar refractivity (Wildman–Crippen MR) is 76.5 cm³/mol. The van der Waals surface area contributed by atoms with Crippen LogP contribution >= 0.6 is 21.6 Å². The molecule has 1 rings (SSSR count). The fourth-order valence-corrected chi connectivity index (χ4v) is 4.59. The maximum atomic E-state index is 11.3. The van der Waals surface area contributed by atoms with Gasteiger partial charge in [0.25, 0.3) is 0 Å². The topological polar surface area (TPSA) is 38.3 Å². The second-order valence-electron chi connectivity index (χ2n) is 5.25. The van der Waals surface area contributed by atoms with Crippen molar-refractivity contribution in [1.82, 2.24) is 5.32 Å². The number of rotatable bonds is 5.